The number of primary amides is 1. The lowest BCUT2D eigenvalue weighted by Crippen LogP contribution is -2.27. The first-order valence-corrected chi connectivity index (χ1v) is 5.30. The van der Waals surface area contributed by atoms with Gasteiger partial charge in [0.2, 0.25) is 5.91 Å². The number of sulfone groups is 1. The Labute approximate surface area is 70.6 Å². The standard InChI is InChI=1S/C5H10ClNO3S/c1-4(5(7)8)2-11(9,10)3-6/h4H,2-3H2,1H3,(H2,7,8). The monoisotopic (exact) mass is 199 g/mol. The van der Waals surface area contributed by atoms with Crippen molar-refractivity contribution in [2.24, 2.45) is 11.7 Å². The second-order valence-electron chi connectivity index (χ2n) is 2.32. The Bertz CT molecular complexity index is 236. The molecule has 0 aliphatic heterocycles. The fourth-order valence-electron chi connectivity index (χ4n) is 0.508. The maximum atomic E-state index is 10.8. The number of amides is 1. The van der Waals surface area contributed by atoms with Gasteiger partial charge in [0.25, 0.3) is 0 Å². The van der Waals surface area contributed by atoms with Gasteiger partial charge in [-0.3, -0.25) is 4.79 Å². The van der Waals surface area contributed by atoms with Crippen molar-refractivity contribution in [2.45, 2.75) is 6.92 Å². The Kier molecular flexibility index (Phi) is 3.82. The lowest BCUT2D eigenvalue weighted by atomic mass is 10.2. The largest absolute Gasteiger partial charge is 0.369 e. The molecule has 0 aromatic rings. The number of hydrogen-bond donors (Lipinski definition) is 1. The summed E-state index contributed by atoms with van der Waals surface area (Å²) >= 11 is 5.10. The number of halogens is 1. The van der Waals surface area contributed by atoms with Crippen LogP contribution in [0.3, 0.4) is 0 Å². The van der Waals surface area contributed by atoms with Gasteiger partial charge in [-0.2, -0.15) is 0 Å². The molecule has 0 rings (SSSR count). The summed E-state index contributed by atoms with van der Waals surface area (Å²) in [6.07, 6.45) is 0. The van der Waals surface area contributed by atoms with E-state index in [9.17, 15) is 13.2 Å². The average Bonchev–Trinajstić information content (AvgIpc) is 1.87. The van der Waals surface area contributed by atoms with Crippen LogP contribution in [0.15, 0.2) is 0 Å². The molecule has 0 fully saturated rings. The van der Waals surface area contributed by atoms with Crippen molar-refractivity contribution in [1.29, 1.82) is 0 Å². The van der Waals surface area contributed by atoms with E-state index in [0.717, 1.165) is 0 Å². The van der Waals surface area contributed by atoms with Crippen molar-refractivity contribution in [3.63, 3.8) is 0 Å². The Morgan fingerprint density at radius 1 is 1.64 bits per heavy atom. The van der Waals surface area contributed by atoms with Gasteiger partial charge in [0.15, 0.2) is 9.84 Å². The molecule has 0 aliphatic carbocycles. The zero-order chi connectivity index (χ0) is 9.07. The van der Waals surface area contributed by atoms with Crippen molar-refractivity contribution in [1.82, 2.24) is 0 Å². The summed E-state index contributed by atoms with van der Waals surface area (Å²) in [5.41, 5.74) is 4.85. The number of carbonyl (C=O) groups excluding carboxylic acids is 1. The first-order chi connectivity index (χ1) is 4.89. The minimum absolute atomic E-state index is 0.272. The van der Waals surface area contributed by atoms with Gasteiger partial charge in [0.05, 0.1) is 5.75 Å². The van der Waals surface area contributed by atoms with Crippen molar-refractivity contribution in [3.8, 4) is 0 Å². The highest BCUT2D eigenvalue weighted by molar-refractivity contribution is 7.92. The van der Waals surface area contributed by atoms with E-state index in [1.807, 2.05) is 0 Å². The maximum absolute atomic E-state index is 10.8. The normalized spacial score (nSPS) is 14.4. The number of rotatable bonds is 4. The fraction of sp³-hybridized carbons (Fsp3) is 0.800. The van der Waals surface area contributed by atoms with Crippen LogP contribution in [0, 0.1) is 5.92 Å². The Hall–Kier alpha value is -0.290. The van der Waals surface area contributed by atoms with Crippen LogP contribution in [0.2, 0.25) is 0 Å². The molecule has 0 heterocycles. The third-order valence-corrected chi connectivity index (χ3v) is 3.49. The van der Waals surface area contributed by atoms with Crippen LogP contribution in [-0.4, -0.2) is 25.3 Å². The van der Waals surface area contributed by atoms with Crippen molar-refractivity contribution in [2.75, 3.05) is 11.0 Å². The highest BCUT2D eigenvalue weighted by atomic mass is 35.5. The fourth-order valence-corrected chi connectivity index (χ4v) is 1.79. The van der Waals surface area contributed by atoms with Gasteiger partial charge in [-0.1, -0.05) is 6.92 Å². The average molecular weight is 200 g/mol. The van der Waals surface area contributed by atoms with Crippen LogP contribution >= 0.6 is 11.6 Å². The van der Waals surface area contributed by atoms with E-state index in [1.165, 1.54) is 6.92 Å². The van der Waals surface area contributed by atoms with E-state index >= 15 is 0 Å². The molecule has 0 aromatic heterocycles. The summed E-state index contributed by atoms with van der Waals surface area (Å²) in [5.74, 6) is -1.57. The number of carbonyl (C=O) groups is 1. The van der Waals surface area contributed by atoms with Gasteiger partial charge < -0.3 is 5.73 Å². The van der Waals surface area contributed by atoms with Crippen molar-refractivity contribution in [3.05, 3.63) is 0 Å². The predicted octanol–water partition coefficient (Wildman–Crippen LogP) is -0.281. The van der Waals surface area contributed by atoms with Crippen LogP contribution in [0.4, 0.5) is 0 Å². The minimum atomic E-state index is -3.30. The van der Waals surface area contributed by atoms with E-state index in [0.29, 0.717) is 0 Å². The molecule has 0 saturated carbocycles. The van der Waals surface area contributed by atoms with E-state index in [1.54, 1.807) is 0 Å². The molecular weight excluding hydrogens is 190 g/mol. The molecule has 1 amide bonds. The lowest BCUT2D eigenvalue weighted by molar-refractivity contribution is -0.120. The Morgan fingerprint density at radius 3 is 2.36 bits per heavy atom. The van der Waals surface area contributed by atoms with Gasteiger partial charge in [0, 0.05) is 5.92 Å². The van der Waals surface area contributed by atoms with E-state index < -0.39 is 26.9 Å². The molecule has 0 bridgehead atoms. The molecule has 0 aromatic carbocycles. The molecule has 4 nitrogen and oxygen atoms in total. The molecular formula is C5H10ClNO3S. The second kappa shape index (κ2) is 3.92. The predicted molar refractivity (Wildman–Crippen MR) is 42.9 cm³/mol. The first kappa shape index (κ1) is 10.7. The summed E-state index contributed by atoms with van der Waals surface area (Å²) in [5, 5.41) is -0.468. The number of nitrogens with two attached hydrogens (primary N) is 1. The molecule has 0 saturated heterocycles. The smallest absolute Gasteiger partial charge is 0.221 e. The molecule has 6 heteroatoms. The third-order valence-electron chi connectivity index (χ3n) is 1.16. The first-order valence-electron chi connectivity index (χ1n) is 2.95. The molecule has 11 heavy (non-hydrogen) atoms. The summed E-state index contributed by atoms with van der Waals surface area (Å²) < 4.78 is 21.5. The summed E-state index contributed by atoms with van der Waals surface area (Å²) in [6, 6.07) is 0. The molecule has 0 radical (unpaired) electrons. The van der Waals surface area contributed by atoms with Gasteiger partial charge in [-0.15, -0.1) is 11.6 Å². The third kappa shape index (κ3) is 4.21. The molecule has 2 N–H and O–H groups in total. The SMILES string of the molecule is CC(CS(=O)(=O)CCl)C(N)=O. The van der Waals surface area contributed by atoms with Crippen LogP contribution in [0.25, 0.3) is 0 Å². The minimum Gasteiger partial charge on any atom is -0.369 e. The van der Waals surface area contributed by atoms with Crippen LogP contribution < -0.4 is 5.73 Å². The summed E-state index contributed by atoms with van der Waals surface area (Å²) in [4.78, 5) is 10.4. The van der Waals surface area contributed by atoms with E-state index in [-0.39, 0.29) is 5.75 Å². The zero-order valence-corrected chi connectivity index (χ0v) is 7.65. The van der Waals surface area contributed by atoms with Gasteiger partial charge in [-0.05, 0) is 0 Å². The van der Waals surface area contributed by atoms with Gasteiger partial charge in [-0.25, -0.2) is 8.42 Å². The summed E-state index contributed by atoms with van der Waals surface area (Å²) in [7, 11) is -3.30. The van der Waals surface area contributed by atoms with Crippen LogP contribution in [0.1, 0.15) is 6.92 Å². The number of hydrogen-bond acceptors (Lipinski definition) is 3. The van der Waals surface area contributed by atoms with Crippen LogP contribution in [-0.2, 0) is 14.6 Å². The highest BCUT2D eigenvalue weighted by Crippen LogP contribution is 2.02. The molecule has 0 spiro atoms. The van der Waals surface area contributed by atoms with E-state index in [2.05, 4.69) is 0 Å². The summed E-state index contributed by atoms with van der Waals surface area (Å²) in [6.45, 7) is 1.45. The van der Waals surface area contributed by atoms with Crippen molar-refractivity contribution < 1.29 is 13.2 Å². The van der Waals surface area contributed by atoms with Crippen LogP contribution in [0.5, 0.6) is 0 Å². The Morgan fingerprint density at radius 2 is 2.09 bits per heavy atom. The quantitative estimate of drug-likeness (QED) is 0.633. The van der Waals surface area contributed by atoms with Gasteiger partial charge in [0.1, 0.15) is 5.21 Å². The molecule has 1 atom stereocenters. The van der Waals surface area contributed by atoms with Crippen molar-refractivity contribution >= 4 is 27.3 Å². The molecule has 0 aliphatic rings. The molecule has 66 valence electrons. The highest BCUT2D eigenvalue weighted by Gasteiger charge is 2.18. The van der Waals surface area contributed by atoms with Gasteiger partial charge >= 0.3 is 0 Å². The topological polar surface area (TPSA) is 77.2 Å². The molecule has 1 unspecified atom stereocenters. The lowest BCUT2D eigenvalue weighted by Gasteiger charge is -2.04. The van der Waals surface area contributed by atoms with E-state index in [4.69, 9.17) is 17.3 Å². The zero-order valence-electron chi connectivity index (χ0n) is 6.08. The Balaban J connectivity index is 4.16. The maximum Gasteiger partial charge on any atom is 0.221 e. The second-order valence-corrected chi connectivity index (χ2v) is 5.02. The number of alkyl halides is 1.